The largest absolute Gasteiger partial charge is 0.465 e. The van der Waals surface area contributed by atoms with Gasteiger partial charge in [0.05, 0.1) is 6.54 Å². The van der Waals surface area contributed by atoms with Gasteiger partial charge in [-0.3, -0.25) is 4.90 Å². The van der Waals surface area contributed by atoms with Gasteiger partial charge in [-0.15, -0.1) is 0 Å². The van der Waals surface area contributed by atoms with Crippen molar-refractivity contribution in [2.24, 2.45) is 5.92 Å². The standard InChI is InChI=1S/C14H26N2O/c1-12(2)7-8-15-9-10-16(4)11-14-6-5-13(3)17-14/h5-6,12,15H,7-11H2,1-4H3. The number of furan rings is 1. The third kappa shape index (κ3) is 6.49. The summed E-state index contributed by atoms with van der Waals surface area (Å²) in [6.45, 7) is 10.6. The van der Waals surface area contributed by atoms with Crippen LogP contribution in [0.5, 0.6) is 0 Å². The van der Waals surface area contributed by atoms with Gasteiger partial charge in [-0.1, -0.05) is 13.8 Å². The molecule has 1 rings (SSSR count). The second kappa shape index (κ2) is 7.51. The molecule has 1 aromatic heterocycles. The van der Waals surface area contributed by atoms with Gasteiger partial charge in [0.1, 0.15) is 11.5 Å². The van der Waals surface area contributed by atoms with Crippen LogP contribution in [-0.4, -0.2) is 31.6 Å². The minimum atomic E-state index is 0.784. The predicted molar refractivity (Wildman–Crippen MR) is 72.1 cm³/mol. The zero-order valence-corrected chi connectivity index (χ0v) is 11.6. The van der Waals surface area contributed by atoms with E-state index in [0.717, 1.165) is 43.6 Å². The number of nitrogens with one attached hydrogen (secondary N) is 1. The maximum absolute atomic E-state index is 5.55. The molecule has 0 saturated heterocycles. The topological polar surface area (TPSA) is 28.4 Å². The Balaban J connectivity index is 2.07. The highest BCUT2D eigenvalue weighted by Crippen LogP contribution is 2.08. The van der Waals surface area contributed by atoms with Crippen LogP contribution >= 0.6 is 0 Å². The zero-order valence-electron chi connectivity index (χ0n) is 11.6. The highest BCUT2D eigenvalue weighted by Gasteiger charge is 2.03. The maximum Gasteiger partial charge on any atom is 0.118 e. The molecule has 0 amide bonds. The molecule has 0 aliphatic carbocycles. The van der Waals surface area contributed by atoms with E-state index < -0.39 is 0 Å². The number of hydrogen-bond donors (Lipinski definition) is 1. The van der Waals surface area contributed by atoms with E-state index in [9.17, 15) is 0 Å². The van der Waals surface area contributed by atoms with Gasteiger partial charge in [0.2, 0.25) is 0 Å². The van der Waals surface area contributed by atoms with Gasteiger partial charge in [-0.2, -0.15) is 0 Å². The van der Waals surface area contributed by atoms with E-state index in [1.54, 1.807) is 0 Å². The Bertz CT molecular complexity index is 307. The van der Waals surface area contributed by atoms with Gasteiger partial charge in [-0.05, 0) is 45.0 Å². The Labute approximate surface area is 105 Å². The molecule has 0 saturated carbocycles. The van der Waals surface area contributed by atoms with Crippen molar-refractivity contribution in [1.29, 1.82) is 0 Å². The fraction of sp³-hybridized carbons (Fsp3) is 0.714. The fourth-order valence-corrected chi connectivity index (χ4v) is 1.70. The third-order valence-electron chi connectivity index (χ3n) is 2.79. The van der Waals surface area contributed by atoms with E-state index in [1.165, 1.54) is 6.42 Å². The van der Waals surface area contributed by atoms with E-state index in [4.69, 9.17) is 4.42 Å². The number of nitrogens with zero attached hydrogens (tertiary/aromatic N) is 1. The summed E-state index contributed by atoms with van der Waals surface area (Å²) in [4.78, 5) is 2.28. The normalized spacial score (nSPS) is 11.6. The summed E-state index contributed by atoms with van der Waals surface area (Å²) in [5.74, 6) is 2.82. The molecule has 0 unspecified atom stereocenters. The van der Waals surface area contributed by atoms with E-state index in [1.807, 2.05) is 13.0 Å². The molecule has 0 fully saturated rings. The van der Waals surface area contributed by atoms with Crippen molar-refractivity contribution in [3.63, 3.8) is 0 Å². The maximum atomic E-state index is 5.55. The number of aryl methyl sites for hydroxylation is 1. The van der Waals surface area contributed by atoms with Gasteiger partial charge < -0.3 is 9.73 Å². The molecular weight excluding hydrogens is 212 g/mol. The van der Waals surface area contributed by atoms with Crippen molar-refractivity contribution < 1.29 is 4.42 Å². The first-order valence-electron chi connectivity index (χ1n) is 6.52. The molecule has 0 aromatic carbocycles. The Morgan fingerprint density at radius 1 is 1.29 bits per heavy atom. The second-order valence-corrected chi connectivity index (χ2v) is 5.18. The molecule has 3 nitrogen and oxygen atoms in total. The average Bonchev–Trinajstić information content (AvgIpc) is 2.63. The van der Waals surface area contributed by atoms with Crippen molar-refractivity contribution >= 4 is 0 Å². The Kier molecular flexibility index (Phi) is 6.30. The van der Waals surface area contributed by atoms with Crippen LogP contribution < -0.4 is 5.32 Å². The monoisotopic (exact) mass is 238 g/mol. The van der Waals surface area contributed by atoms with Crippen molar-refractivity contribution in [3.8, 4) is 0 Å². The minimum absolute atomic E-state index is 0.784. The van der Waals surface area contributed by atoms with E-state index >= 15 is 0 Å². The molecule has 0 radical (unpaired) electrons. The van der Waals surface area contributed by atoms with E-state index in [0.29, 0.717) is 0 Å². The van der Waals surface area contributed by atoms with E-state index in [-0.39, 0.29) is 0 Å². The van der Waals surface area contributed by atoms with Gasteiger partial charge in [0.15, 0.2) is 0 Å². The summed E-state index contributed by atoms with van der Waals surface area (Å²) in [6, 6.07) is 4.07. The molecule has 1 heterocycles. The Morgan fingerprint density at radius 2 is 2.06 bits per heavy atom. The lowest BCUT2D eigenvalue weighted by Gasteiger charge is -2.15. The first-order chi connectivity index (χ1) is 8.08. The zero-order chi connectivity index (χ0) is 12.7. The van der Waals surface area contributed by atoms with Gasteiger partial charge >= 0.3 is 0 Å². The van der Waals surface area contributed by atoms with Gasteiger partial charge in [0, 0.05) is 13.1 Å². The molecule has 0 bridgehead atoms. The summed E-state index contributed by atoms with van der Waals surface area (Å²) in [6.07, 6.45) is 1.25. The van der Waals surface area contributed by atoms with Crippen LogP contribution in [0.15, 0.2) is 16.5 Å². The van der Waals surface area contributed by atoms with Crippen LogP contribution in [0.1, 0.15) is 31.8 Å². The molecule has 0 aliphatic rings. The van der Waals surface area contributed by atoms with Crippen molar-refractivity contribution in [1.82, 2.24) is 10.2 Å². The van der Waals surface area contributed by atoms with Gasteiger partial charge in [0.25, 0.3) is 0 Å². The molecule has 0 atom stereocenters. The summed E-state index contributed by atoms with van der Waals surface area (Å²) in [7, 11) is 2.13. The van der Waals surface area contributed by atoms with Crippen molar-refractivity contribution in [3.05, 3.63) is 23.7 Å². The lowest BCUT2D eigenvalue weighted by Crippen LogP contribution is -2.29. The smallest absolute Gasteiger partial charge is 0.118 e. The van der Waals surface area contributed by atoms with E-state index in [2.05, 4.69) is 37.2 Å². The SMILES string of the molecule is Cc1ccc(CN(C)CCNCCC(C)C)o1. The molecule has 0 spiro atoms. The summed E-state index contributed by atoms with van der Waals surface area (Å²) in [5.41, 5.74) is 0. The Hall–Kier alpha value is -0.800. The van der Waals surface area contributed by atoms with Crippen LogP contribution in [0.4, 0.5) is 0 Å². The van der Waals surface area contributed by atoms with Crippen LogP contribution in [0.25, 0.3) is 0 Å². The second-order valence-electron chi connectivity index (χ2n) is 5.18. The predicted octanol–water partition coefficient (Wildman–Crippen LogP) is 2.66. The summed E-state index contributed by atoms with van der Waals surface area (Å²) in [5, 5.41) is 3.47. The van der Waals surface area contributed by atoms with Crippen LogP contribution in [0, 0.1) is 12.8 Å². The quantitative estimate of drug-likeness (QED) is 0.706. The number of rotatable bonds is 8. The molecule has 3 heteroatoms. The number of hydrogen-bond acceptors (Lipinski definition) is 3. The molecular formula is C14H26N2O. The fourth-order valence-electron chi connectivity index (χ4n) is 1.70. The van der Waals surface area contributed by atoms with Crippen LogP contribution in [0.3, 0.4) is 0 Å². The molecule has 1 N–H and O–H groups in total. The first kappa shape index (κ1) is 14.3. The Morgan fingerprint density at radius 3 is 2.65 bits per heavy atom. The van der Waals surface area contributed by atoms with Gasteiger partial charge in [-0.25, -0.2) is 0 Å². The first-order valence-corrected chi connectivity index (χ1v) is 6.52. The van der Waals surface area contributed by atoms with Crippen molar-refractivity contribution in [2.75, 3.05) is 26.7 Å². The molecule has 0 aliphatic heterocycles. The van der Waals surface area contributed by atoms with Crippen LogP contribution in [0.2, 0.25) is 0 Å². The summed E-state index contributed by atoms with van der Waals surface area (Å²) < 4.78 is 5.55. The highest BCUT2D eigenvalue weighted by atomic mass is 16.3. The summed E-state index contributed by atoms with van der Waals surface area (Å²) >= 11 is 0. The number of likely N-dealkylation sites (N-methyl/N-ethyl adjacent to an activating group) is 1. The molecule has 17 heavy (non-hydrogen) atoms. The lowest BCUT2D eigenvalue weighted by molar-refractivity contribution is 0.290. The van der Waals surface area contributed by atoms with Crippen molar-refractivity contribution in [2.45, 2.75) is 33.7 Å². The third-order valence-corrected chi connectivity index (χ3v) is 2.79. The minimum Gasteiger partial charge on any atom is -0.465 e. The van der Waals surface area contributed by atoms with Crippen LogP contribution in [-0.2, 0) is 6.54 Å². The molecule has 1 aromatic rings. The lowest BCUT2D eigenvalue weighted by atomic mass is 10.1. The highest BCUT2D eigenvalue weighted by molar-refractivity contribution is 5.05. The molecule has 98 valence electrons. The average molecular weight is 238 g/mol.